The zero-order valence-corrected chi connectivity index (χ0v) is 16.6. The highest BCUT2D eigenvalue weighted by atomic mass is 32.2. The van der Waals surface area contributed by atoms with Gasteiger partial charge in [0.15, 0.2) is 5.16 Å². The van der Waals surface area contributed by atoms with E-state index in [1.807, 2.05) is 10.6 Å². The number of anilines is 1. The van der Waals surface area contributed by atoms with Gasteiger partial charge in [-0.1, -0.05) is 11.8 Å². The number of aromatic nitrogens is 3. The van der Waals surface area contributed by atoms with Gasteiger partial charge in [-0.05, 0) is 36.4 Å². The Bertz CT molecular complexity index is 954. The molecule has 0 aliphatic rings. The number of carbonyl (C=O) groups is 2. The van der Waals surface area contributed by atoms with Gasteiger partial charge in [0.2, 0.25) is 11.8 Å². The first-order valence-corrected chi connectivity index (χ1v) is 9.83. The largest absolute Gasteiger partial charge is 0.497 e. The summed E-state index contributed by atoms with van der Waals surface area (Å²) < 4.78 is 12.3. The van der Waals surface area contributed by atoms with Crippen molar-refractivity contribution in [3.63, 3.8) is 0 Å². The summed E-state index contributed by atoms with van der Waals surface area (Å²) in [5.41, 5.74) is 5.92. The summed E-state index contributed by atoms with van der Waals surface area (Å²) in [6.07, 6.45) is 2.11. The molecule has 9 nitrogen and oxygen atoms in total. The van der Waals surface area contributed by atoms with Crippen LogP contribution >= 0.6 is 11.8 Å². The van der Waals surface area contributed by atoms with Crippen LogP contribution in [-0.4, -0.2) is 39.4 Å². The summed E-state index contributed by atoms with van der Waals surface area (Å²) in [7, 11) is 1.58. The third-order valence-corrected chi connectivity index (χ3v) is 4.96. The molecule has 0 bridgehead atoms. The Morgan fingerprint density at radius 3 is 2.69 bits per heavy atom. The highest BCUT2D eigenvalue weighted by molar-refractivity contribution is 7.99. The second-order valence-electron chi connectivity index (χ2n) is 6.10. The van der Waals surface area contributed by atoms with Crippen LogP contribution < -0.4 is 15.8 Å². The summed E-state index contributed by atoms with van der Waals surface area (Å²) in [5, 5.41) is 11.7. The molecule has 10 heteroatoms. The minimum Gasteiger partial charge on any atom is -0.497 e. The second kappa shape index (κ2) is 9.78. The van der Waals surface area contributed by atoms with Crippen molar-refractivity contribution in [2.75, 3.05) is 18.2 Å². The van der Waals surface area contributed by atoms with E-state index in [1.165, 1.54) is 11.8 Å². The van der Waals surface area contributed by atoms with Gasteiger partial charge in [-0.2, -0.15) is 0 Å². The first kappa shape index (κ1) is 20.5. The number of thioether (sulfide) groups is 1. The second-order valence-corrected chi connectivity index (χ2v) is 7.04. The molecule has 29 heavy (non-hydrogen) atoms. The molecule has 152 valence electrons. The van der Waals surface area contributed by atoms with Crippen LogP contribution in [0.5, 0.6) is 5.75 Å². The molecular formula is C19H21N5O4S. The fourth-order valence-corrected chi connectivity index (χ4v) is 3.32. The van der Waals surface area contributed by atoms with Gasteiger partial charge in [-0.15, -0.1) is 10.2 Å². The lowest BCUT2D eigenvalue weighted by atomic mass is 10.3. The van der Waals surface area contributed by atoms with Gasteiger partial charge in [-0.3, -0.25) is 14.2 Å². The summed E-state index contributed by atoms with van der Waals surface area (Å²) in [6, 6.07) is 10.7. The van der Waals surface area contributed by atoms with Crippen LogP contribution in [0.3, 0.4) is 0 Å². The molecule has 0 spiro atoms. The zero-order valence-electron chi connectivity index (χ0n) is 15.8. The van der Waals surface area contributed by atoms with E-state index in [2.05, 4.69) is 15.5 Å². The van der Waals surface area contributed by atoms with Crippen molar-refractivity contribution in [1.29, 1.82) is 0 Å². The standard InChI is InChI=1S/C19H21N5O4S/c1-27-14-6-4-13(5-7-14)21-18(26)12-29-19-23-22-17(9-8-16(20)25)24(19)11-15-3-2-10-28-15/h2-7,10H,8-9,11-12H2,1H3,(H2,20,25)(H,21,26). The van der Waals surface area contributed by atoms with E-state index in [-0.39, 0.29) is 18.1 Å². The molecule has 0 saturated heterocycles. The van der Waals surface area contributed by atoms with Crippen LogP contribution in [0.2, 0.25) is 0 Å². The molecule has 0 aliphatic carbocycles. The van der Waals surface area contributed by atoms with Gasteiger partial charge < -0.3 is 20.2 Å². The number of furan rings is 1. The van der Waals surface area contributed by atoms with E-state index in [0.717, 1.165) is 5.76 Å². The SMILES string of the molecule is COc1ccc(NC(=O)CSc2nnc(CCC(N)=O)n2Cc2ccco2)cc1. The van der Waals surface area contributed by atoms with Crippen molar-refractivity contribution in [2.45, 2.75) is 24.5 Å². The molecule has 2 aromatic heterocycles. The van der Waals surface area contributed by atoms with Gasteiger partial charge in [0.25, 0.3) is 0 Å². The van der Waals surface area contributed by atoms with E-state index < -0.39 is 5.91 Å². The number of hydrogen-bond acceptors (Lipinski definition) is 7. The molecule has 3 N–H and O–H groups in total. The number of nitrogens with zero attached hydrogens (tertiary/aromatic N) is 3. The first-order valence-electron chi connectivity index (χ1n) is 8.84. The zero-order chi connectivity index (χ0) is 20.6. The molecule has 0 atom stereocenters. The number of primary amides is 1. The van der Waals surface area contributed by atoms with Crippen LogP contribution in [0.15, 0.2) is 52.2 Å². The Morgan fingerprint density at radius 1 is 1.24 bits per heavy atom. The number of nitrogens with two attached hydrogens (primary N) is 1. The first-order chi connectivity index (χ1) is 14.0. The number of carbonyl (C=O) groups excluding carboxylic acids is 2. The van der Waals surface area contributed by atoms with Gasteiger partial charge in [-0.25, -0.2) is 0 Å². The average Bonchev–Trinajstić information content (AvgIpc) is 3.36. The molecule has 2 heterocycles. The molecule has 3 aromatic rings. The van der Waals surface area contributed by atoms with Crippen molar-refractivity contribution < 1.29 is 18.7 Å². The Balaban J connectivity index is 1.65. The Kier molecular flexibility index (Phi) is 6.90. The maximum atomic E-state index is 12.3. The number of hydrogen-bond donors (Lipinski definition) is 2. The van der Waals surface area contributed by atoms with E-state index in [1.54, 1.807) is 43.7 Å². The molecule has 0 saturated carbocycles. The minimum atomic E-state index is -0.411. The van der Waals surface area contributed by atoms with E-state index >= 15 is 0 Å². The highest BCUT2D eigenvalue weighted by Crippen LogP contribution is 2.21. The molecule has 0 unspecified atom stereocenters. The predicted molar refractivity (Wildman–Crippen MR) is 108 cm³/mol. The summed E-state index contributed by atoms with van der Waals surface area (Å²) >= 11 is 1.25. The predicted octanol–water partition coefficient (Wildman–Crippen LogP) is 2.08. The van der Waals surface area contributed by atoms with Gasteiger partial charge >= 0.3 is 0 Å². The summed E-state index contributed by atoms with van der Waals surface area (Å²) in [6.45, 7) is 0.399. The third-order valence-electron chi connectivity index (χ3n) is 3.99. The normalized spacial score (nSPS) is 10.7. The molecule has 3 rings (SSSR count). The van der Waals surface area contributed by atoms with Crippen LogP contribution in [0.25, 0.3) is 0 Å². The van der Waals surface area contributed by atoms with Crippen molar-refractivity contribution >= 4 is 29.3 Å². The number of aryl methyl sites for hydroxylation is 1. The van der Waals surface area contributed by atoms with Crippen molar-refractivity contribution in [3.05, 3.63) is 54.2 Å². The number of ether oxygens (including phenoxy) is 1. The summed E-state index contributed by atoms with van der Waals surface area (Å²) in [4.78, 5) is 23.4. The Hall–Kier alpha value is -3.27. The Morgan fingerprint density at radius 2 is 2.03 bits per heavy atom. The van der Waals surface area contributed by atoms with E-state index in [9.17, 15) is 9.59 Å². The van der Waals surface area contributed by atoms with Crippen LogP contribution in [0, 0.1) is 0 Å². The third kappa shape index (κ3) is 5.85. The lowest BCUT2D eigenvalue weighted by molar-refractivity contribution is -0.118. The minimum absolute atomic E-state index is 0.151. The van der Waals surface area contributed by atoms with Crippen LogP contribution in [0.1, 0.15) is 18.0 Å². The number of amides is 2. The van der Waals surface area contributed by atoms with Gasteiger partial charge in [0, 0.05) is 18.5 Å². The molecule has 2 amide bonds. The lowest BCUT2D eigenvalue weighted by Crippen LogP contribution is -2.16. The monoisotopic (exact) mass is 415 g/mol. The molecule has 0 aliphatic heterocycles. The molecule has 0 radical (unpaired) electrons. The van der Waals surface area contributed by atoms with E-state index in [0.29, 0.717) is 35.4 Å². The maximum Gasteiger partial charge on any atom is 0.234 e. The number of methoxy groups -OCH3 is 1. The van der Waals surface area contributed by atoms with Crippen molar-refractivity contribution in [1.82, 2.24) is 14.8 Å². The van der Waals surface area contributed by atoms with Crippen molar-refractivity contribution in [3.8, 4) is 5.75 Å². The number of benzene rings is 1. The van der Waals surface area contributed by atoms with Crippen molar-refractivity contribution in [2.24, 2.45) is 5.73 Å². The average molecular weight is 415 g/mol. The summed E-state index contributed by atoms with van der Waals surface area (Å²) in [5.74, 6) is 1.61. The lowest BCUT2D eigenvalue weighted by Gasteiger charge is -2.09. The maximum absolute atomic E-state index is 12.3. The van der Waals surface area contributed by atoms with Crippen LogP contribution in [0.4, 0.5) is 5.69 Å². The molecular weight excluding hydrogens is 394 g/mol. The number of nitrogens with one attached hydrogen (secondary N) is 1. The molecule has 1 aromatic carbocycles. The number of rotatable bonds is 10. The van der Waals surface area contributed by atoms with Gasteiger partial charge in [0.05, 0.1) is 25.7 Å². The fraction of sp³-hybridized carbons (Fsp3) is 0.263. The quantitative estimate of drug-likeness (QED) is 0.486. The van der Waals surface area contributed by atoms with E-state index in [4.69, 9.17) is 14.9 Å². The topological polar surface area (TPSA) is 125 Å². The smallest absolute Gasteiger partial charge is 0.234 e. The Labute approximate surface area is 171 Å². The van der Waals surface area contributed by atoms with Gasteiger partial charge in [0.1, 0.15) is 17.3 Å². The molecule has 0 fully saturated rings. The fourth-order valence-electron chi connectivity index (χ4n) is 2.56. The highest BCUT2D eigenvalue weighted by Gasteiger charge is 2.16. The van der Waals surface area contributed by atoms with Crippen LogP contribution in [-0.2, 0) is 22.6 Å².